The van der Waals surface area contributed by atoms with Crippen LogP contribution in [0, 0.1) is 19.8 Å². The lowest BCUT2D eigenvalue weighted by molar-refractivity contribution is -0.121. The Bertz CT molecular complexity index is 621. The fourth-order valence-electron chi connectivity index (χ4n) is 3.23. The van der Waals surface area contributed by atoms with Gasteiger partial charge in [0.2, 0.25) is 5.91 Å². The number of carbonyl (C=O) groups excluding carboxylic acids is 2. The van der Waals surface area contributed by atoms with Crippen LogP contribution >= 0.6 is 0 Å². The summed E-state index contributed by atoms with van der Waals surface area (Å²) in [5.41, 5.74) is 0.584. The zero-order valence-corrected chi connectivity index (χ0v) is 17.0. The summed E-state index contributed by atoms with van der Waals surface area (Å²) in [6.07, 6.45) is 0.303. The first-order valence-electron chi connectivity index (χ1n) is 9.80. The van der Waals surface area contributed by atoms with Gasteiger partial charge >= 0.3 is 0 Å². The Labute approximate surface area is 162 Å². The average molecular weight is 380 g/mol. The van der Waals surface area contributed by atoms with Crippen molar-refractivity contribution in [2.75, 3.05) is 52.5 Å². The first kappa shape index (κ1) is 21.4. The van der Waals surface area contributed by atoms with E-state index in [1.54, 1.807) is 17.9 Å². The van der Waals surface area contributed by atoms with Crippen molar-refractivity contribution in [3.05, 3.63) is 23.2 Å². The normalized spacial score (nSPS) is 15.1. The zero-order valence-electron chi connectivity index (χ0n) is 17.0. The summed E-state index contributed by atoms with van der Waals surface area (Å²) < 4.78 is 10.8. The van der Waals surface area contributed by atoms with Crippen molar-refractivity contribution >= 4 is 11.8 Å². The molecule has 1 aromatic heterocycles. The van der Waals surface area contributed by atoms with Crippen LogP contribution in [-0.4, -0.2) is 74.1 Å². The van der Waals surface area contributed by atoms with Crippen LogP contribution in [0.1, 0.15) is 42.1 Å². The summed E-state index contributed by atoms with van der Waals surface area (Å²) in [6.45, 7) is 13.6. The molecule has 1 fully saturated rings. The highest BCUT2D eigenvalue weighted by atomic mass is 16.5. The van der Waals surface area contributed by atoms with Gasteiger partial charge in [0.25, 0.3) is 5.91 Å². The zero-order chi connectivity index (χ0) is 19.8. The molecule has 1 saturated heterocycles. The molecule has 2 rings (SSSR count). The van der Waals surface area contributed by atoms with Crippen LogP contribution < -0.4 is 5.32 Å². The van der Waals surface area contributed by atoms with Gasteiger partial charge in [0.1, 0.15) is 11.5 Å². The summed E-state index contributed by atoms with van der Waals surface area (Å²) in [5.74, 6) is 1.58. The number of ether oxygens (including phenoxy) is 1. The monoisotopic (exact) mass is 379 g/mol. The van der Waals surface area contributed by atoms with E-state index in [9.17, 15) is 9.59 Å². The predicted octanol–water partition coefficient (Wildman–Crippen LogP) is 1.83. The van der Waals surface area contributed by atoms with E-state index >= 15 is 0 Å². The molecule has 1 aliphatic rings. The van der Waals surface area contributed by atoms with Gasteiger partial charge in [0, 0.05) is 45.7 Å². The molecule has 0 spiro atoms. The van der Waals surface area contributed by atoms with E-state index in [0.717, 1.165) is 38.6 Å². The second kappa shape index (κ2) is 10.5. The standard InChI is InChI=1S/C20H33N3O4/c1-15(2)14-23(20(25)18-13-16(3)27-17(18)4)7-5-19(24)21-6-8-22-9-11-26-12-10-22/h13,15H,5-12,14H2,1-4H3,(H,21,24). The van der Waals surface area contributed by atoms with E-state index < -0.39 is 0 Å². The summed E-state index contributed by atoms with van der Waals surface area (Å²) in [5, 5.41) is 2.95. The Morgan fingerprint density at radius 2 is 1.96 bits per heavy atom. The Morgan fingerprint density at radius 1 is 1.26 bits per heavy atom. The number of nitrogens with zero attached hydrogens (tertiary/aromatic N) is 2. The van der Waals surface area contributed by atoms with Crippen molar-refractivity contribution < 1.29 is 18.7 Å². The van der Waals surface area contributed by atoms with Crippen molar-refractivity contribution in [1.82, 2.24) is 15.1 Å². The molecule has 7 heteroatoms. The van der Waals surface area contributed by atoms with Gasteiger partial charge in [-0.2, -0.15) is 0 Å². The molecule has 27 heavy (non-hydrogen) atoms. The number of nitrogens with one attached hydrogen (secondary N) is 1. The lowest BCUT2D eigenvalue weighted by Crippen LogP contribution is -2.42. The fourth-order valence-corrected chi connectivity index (χ4v) is 3.23. The highest BCUT2D eigenvalue weighted by Gasteiger charge is 2.22. The van der Waals surface area contributed by atoms with E-state index in [1.807, 2.05) is 6.92 Å². The molecule has 0 atom stereocenters. The number of carbonyl (C=O) groups is 2. The number of hydrogen-bond donors (Lipinski definition) is 1. The van der Waals surface area contributed by atoms with Crippen LogP contribution in [0.25, 0.3) is 0 Å². The van der Waals surface area contributed by atoms with Crippen molar-refractivity contribution in [1.29, 1.82) is 0 Å². The lowest BCUT2D eigenvalue weighted by atomic mass is 10.1. The van der Waals surface area contributed by atoms with Crippen molar-refractivity contribution in [2.24, 2.45) is 5.92 Å². The summed E-state index contributed by atoms with van der Waals surface area (Å²) in [4.78, 5) is 29.1. The maximum absolute atomic E-state index is 12.9. The maximum Gasteiger partial charge on any atom is 0.257 e. The van der Waals surface area contributed by atoms with Crippen molar-refractivity contribution in [3.8, 4) is 0 Å². The molecule has 7 nitrogen and oxygen atoms in total. The van der Waals surface area contributed by atoms with Gasteiger partial charge in [0.05, 0.1) is 18.8 Å². The van der Waals surface area contributed by atoms with Crippen LogP contribution in [0.15, 0.2) is 10.5 Å². The summed E-state index contributed by atoms with van der Waals surface area (Å²) in [6, 6.07) is 1.77. The van der Waals surface area contributed by atoms with Crippen LogP contribution in [0.3, 0.4) is 0 Å². The minimum atomic E-state index is -0.0702. The molecule has 1 aromatic rings. The van der Waals surface area contributed by atoms with Gasteiger partial charge in [-0.3, -0.25) is 14.5 Å². The van der Waals surface area contributed by atoms with Gasteiger partial charge in [-0.1, -0.05) is 13.8 Å². The topological polar surface area (TPSA) is 75.0 Å². The number of furan rings is 1. The van der Waals surface area contributed by atoms with Gasteiger partial charge in [0.15, 0.2) is 0 Å². The number of hydrogen-bond acceptors (Lipinski definition) is 5. The van der Waals surface area contributed by atoms with E-state index in [4.69, 9.17) is 9.15 Å². The highest BCUT2D eigenvalue weighted by molar-refractivity contribution is 5.95. The molecule has 0 unspecified atom stereocenters. The lowest BCUT2D eigenvalue weighted by Gasteiger charge is -2.26. The first-order chi connectivity index (χ1) is 12.9. The SMILES string of the molecule is Cc1cc(C(=O)N(CCC(=O)NCCN2CCOCC2)CC(C)C)c(C)o1. The summed E-state index contributed by atoms with van der Waals surface area (Å²) in [7, 11) is 0. The Balaban J connectivity index is 1.81. The number of aryl methyl sites for hydroxylation is 2. The summed E-state index contributed by atoms with van der Waals surface area (Å²) >= 11 is 0. The van der Waals surface area contributed by atoms with Gasteiger partial charge in [-0.15, -0.1) is 0 Å². The van der Waals surface area contributed by atoms with Gasteiger partial charge < -0.3 is 19.4 Å². The van der Waals surface area contributed by atoms with E-state index in [1.165, 1.54) is 0 Å². The number of morpholine rings is 1. The molecular formula is C20H33N3O4. The van der Waals surface area contributed by atoms with E-state index in [-0.39, 0.29) is 11.8 Å². The third-order valence-corrected chi connectivity index (χ3v) is 4.61. The fraction of sp³-hybridized carbons (Fsp3) is 0.700. The Hall–Kier alpha value is -1.86. The van der Waals surface area contributed by atoms with Crippen LogP contribution in [0.2, 0.25) is 0 Å². The molecule has 2 amide bonds. The molecule has 1 N–H and O–H groups in total. The Kier molecular flexibility index (Phi) is 8.31. The molecule has 152 valence electrons. The maximum atomic E-state index is 12.9. The molecule has 0 radical (unpaired) electrons. The second-order valence-electron chi connectivity index (χ2n) is 7.53. The van der Waals surface area contributed by atoms with Crippen molar-refractivity contribution in [3.63, 3.8) is 0 Å². The van der Waals surface area contributed by atoms with Crippen LogP contribution in [0.5, 0.6) is 0 Å². The van der Waals surface area contributed by atoms with Gasteiger partial charge in [-0.05, 0) is 25.8 Å². The molecule has 0 aromatic carbocycles. The minimum absolute atomic E-state index is 0.0232. The molecule has 0 aliphatic carbocycles. The quantitative estimate of drug-likeness (QED) is 0.709. The van der Waals surface area contributed by atoms with Crippen molar-refractivity contribution in [2.45, 2.75) is 34.1 Å². The highest BCUT2D eigenvalue weighted by Crippen LogP contribution is 2.17. The second-order valence-corrected chi connectivity index (χ2v) is 7.53. The van der Waals surface area contributed by atoms with E-state index in [0.29, 0.717) is 43.3 Å². The molecule has 0 saturated carbocycles. The molecular weight excluding hydrogens is 346 g/mol. The predicted molar refractivity (Wildman–Crippen MR) is 104 cm³/mol. The number of rotatable bonds is 9. The third-order valence-electron chi connectivity index (χ3n) is 4.61. The van der Waals surface area contributed by atoms with Crippen LogP contribution in [-0.2, 0) is 9.53 Å². The van der Waals surface area contributed by atoms with Crippen LogP contribution in [0.4, 0.5) is 0 Å². The molecule has 0 bridgehead atoms. The number of amides is 2. The third kappa shape index (κ3) is 6.99. The first-order valence-corrected chi connectivity index (χ1v) is 9.80. The molecule has 1 aliphatic heterocycles. The minimum Gasteiger partial charge on any atom is -0.466 e. The smallest absolute Gasteiger partial charge is 0.257 e. The Morgan fingerprint density at radius 3 is 2.56 bits per heavy atom. The van der Waals surface area contributed by atoms with Gasteiger partial charge in [-0.25, -0.2) is 0 Å². The molecule has 2 heterocycles. The largest absolute Gasteiger partial charge is 0.466 e. The van der Waals surface area contributed by atoms with E-state index in [2.05, 4.69) is 24.1 Å². The average Bonchev–Trinajstić information content (AvgIpc) is 2.97.